The summed E-state index contributed by atoms with van der Waals surface area (Å²) in [5, 5.41) is 18.0. The van der Waals surface area contributed by atoms with E-state index in [-0.39, 0.29) is 5.75 Å². The number of aromatic hydroxyl groups is 1. The third-order valence-electron chi connectivity index (χ3n) is 2.93. The van der Waals surface area contributed by atoms with Crippen molar-refractivity contribution in [2.75, 3.05) is 0 Å². The summed E-state index contributed by atoms with van der Waals surface area (Å²) in [6.45, 7) is 0.506. The molecule has 0 atom stereocenters. The summed E-state index contributed by atoms with van der Waals surface area (Å²) in [6, 6.07) is 17.1. The number of nitrogens with zero attached hydrogens (tertiary/aromatic N) is 3. The maximum absolute atomic E-state index is 9.73. The lowest BCUT2D eigenvalue weighted by atomic mass is 10.2. The van der Waals surface area contributed by atoms with Crippen molar-refractivity contribution in [2.45, 2.75) is 6.54 Å². The molecule has 0 unspecified atom stereocenters. The van der Waals surface area contributed by atoms with Gasteiger partial charge in [0.1, 0.15) is 11.4 Å². The van der Waals surface area contributed by atoms with Gasteiger partial charge < -0.3 is 5.11 Å². The van der Waals surface area contributed by atoms with Crippen molar-refractivity contribution in [3.8, 4) is 17.0 Å². The van der Waals surface area contributed by atoms with E-state index in [2.05, 4.69) is 10.3 Å². The summed E-state index contributed by atoms with van der Waals surface area (Å²) in [4.78, 5) is 0. The predicted octanol–water partition coefficient (Wildman–Crippen LogP) is 2.70. The fourth-order valence-corrected chi connectivity index (χ4v) is 1.94. The molecule has 1 N–H and O–H groups in total. The van der Waals surface area contributed by atoms with Crippen molar-refractivity contribution < 1.29 is 5.11 Å². The first-order valence-electron chi connectivity index (χ1n) is 6.05. The van der Waals surface area contributed by atoms with Gasteiger partial charge in [-0.1, -0.05) is 53.7 Å². The van der Waals surface area contributed by atoms with Crippen molar-refractivity contribution >= 4 is 0 Å². The fraction of sp³-hybridized carbons (Fsp3) is 0.0667. The second kappa shape index (κ2) is 4.94. The monoisotopic (exact) mass is 251 g/mol. The molecule has 3 rings (SSSR count). The van der Waals surface area contributed by atoms with Crippen LogP contribution in [0.5, 0.6) is 5.75 Å². The van der Waals surface area contributed by atoms with Crippen LogP contribution in [0.3, 0.4) is 0 Å². The summed E-state index contributed by atoms with van der Waals surface area (Å²) in [5.41, 5.74) is 2.69. The first-order valence-corrected chi connectivity index (χ1v) is 6.05. The van der Waals surface area contributed by atoms with E-state index in [0.717, 1.165) is 16.8 Å². The van der Waals surface area contributed by atoms with Crippen LogP contribution in [0.4, 0.5) is 0 Å². The Hall–Kier alpha value is -2.62. The number of phenolic OH excluding ortho intramolecular Hbond substituents is 1. The van der Waals surface area contributed by atoms with E-state index >= 15 is 0 Å². The van der Waals surface area contributed by atoms with Crippen LogP contribution in [0.15, 0.2) is 60.8 Å². The van der Waals surface area contributed by atoms with E-state index in [1.54, 1.807) is 16.8 Å². The predicted molar refractivity (Wildman–Crippen MR) is 72.7 cm³/mol. The lowest BCUT2D eigenvalue weighted by Gasteiger charge is -2.02. The van der Waals surface area contributed by atoms with Crippen molar-refractivity contribution in [3.63, 3.8) is 0 Å². The van der Waals surface area contributed by atoms with Gasteiger partial charge in [-0.25, -0.2) is 4.68 Å². The molecule has 94 valence electrons. The van der Waals surface area contributed by atoms with Crippen LogP contribution in [0.2, 0.25) is 0 Å². The number of aromatic nitrogens is 3. The largest absolute Gasteiger partial charge is 0.508 e. The Labute approximate surface area is 111 Å². The normalized spacial score (nSPS) is 10.5. The maximum atomic E-state index is 9.73. The second-order valence-corrected chi connectivity index (χ2v) is 4.30. The van der Waals surface area contributed by atoms with Gasteiger partial charge in [-0.05, 0) is 6.07 Å². The molecule has 0 aliphatic carbocycles. The molecular weight excluding hydrogens is 238 g/mol. The van der Waals surface area contributed by atoms with Gasteiger partial charge in [0.15, 0.2) is 0 Å². The topological polar surface area (TPSA) is 50.9 Å². The molecule has 0 aliphatic heterocycles. The Kier molecular flexibility index (Phi) is 2.98. The van der Waals surface area contributed by atoms with Crippen LogP contribution in [-0.2, 0) is 6.54 Å². The summed E-state index contributed by atoms with van der Waals surface area (Å²) in [7, 11) is 0. The molecular formula is C15H13N3O. The highest BCUT2D eigenvalue weighted by molar-refractivity contribution is 5.57. The van der Waals surface area contributed by atoms with Gasteiger partial charge in [-0.2, -0.15) is 0 Å². The molecule has 0 bridgehead atoms. The zero-order valence-electron chi connectivity index (χ0n) is 10.3. The highest BCUT2D eigenvalue weighted by Crippen LogP contribution is 2.18. The van der Waals surface area contributed by atoms with E-state index in [4.69, 9.17) is 0 Å². The zero-order chi connectivity index (χ0) is 13.1. The fourth-order valence-electron chi connectivity index (χ4n) is 1.94. The molecule has 3 aromatic rings. The van der Waals surface area contributed by atoms with Gasteiger partial charge in [0.2, 0.25) is 0 Å². The quantitative estimate of drug-likeness (QED) is 0.778. The SMILES string of the molecule is Oc1ccccc1Cn1cc(-c2ccccc2)nn1. The van der Waals surface area contributed by atoms with Crippen molar-refractivity contribution in [1.29, 1.82) is 0 Å². The van der Waals surface area contributed by atoms with Gasteiger partial charge in [-0.3, -0.25) is 0 Å². The van der Waals surface area contributed by atoms with Gasteiger partial charge in [-0.15, -0.1) is 5.10 Å². The lowest BCUT2D eigenvalue weighted by Crippen LogP contribution is -2.00. The Bertz CT molecular complexity index is 677. The van der Waals surface area contributed by atoms with Crippen molar-refractivity contribution in [2.24, 2.45) is 0 Å². The number of benzene rings is 2. The third kappa shape index (κ3) is 2.47. The van der Waals surface area contributed by atoms with Crippen LogP contribution < -0.4 is 0 Å². The lowest BCUT2D eigenvalue weighted by molar-refractivity contribution is 0.463. The van der Waals surface area contributed by atoms with E-state index in [0.29, 0.717) is 6.54 Å². The average Bonchev–Trinajstić information content (AvgIpc) is 2.91. The average molecular weight is 251 g/mol. The van der Waals surface area contributed by atoms with E-state index in [1.165, 1.54) is 0 Å². The smallest absolute Gasteiger partial charge is 0.120 e. The minimum absolute atomic E-state index is 0.277. The molecule has 0 spiro atoms. The summed E-state index contributed by atoms with van der Waals surface area (Å²) in [5.74, 6) is 0.277. The molecule has 19 heavy (non-hydrogen) atoms. The third-order valence-corrected chi connectivity index (χ3v) is 2.93. The van der Waals surface area contributed by atoms with E-state index in [1.807, 2.05) is 48.7 Å². The van der Waals surface area contributed by atoms with Crippen LogP contribution >= 0.6 is 0 Å². The van der Waals surface area contributed by atoms with Crippen LogP contribution in [0.25, 0.3) is 11.3 Å². The van der Waals surface area contributed by atoms with E-state index in [9.17, 15) is 5.11 Å². The molecule has 0 radical (unpaired) electrons. The highest BCUT2D eigenvalue weighted by atomic mass is 16.3. The minimum atomic E-state index is 0.277. The summed E-state index contributed by atoms with van der Waals surface area (Å²) in [6.07, 6.45) is 1.88. The van der Waals surface area contributed by atoms with Crippen LogP contribution in [0, 0.1) is 0 Å². The molecule has 0 amide bonds. The number of para-hydroxylation sites is 1. The molecule has 1 aromatic heterocycles. The molecule has 0 fully saturated rings. The number of hydrogen-bond acceptors (Lipinski definition) is 3. The Morgan fingerprint density at radius 3 is 2.47 bits per heavy atom. The number of hydrogen-bond donors (Lipinski definition) is 1. The second-order valence-electron chi connectivity index (χ2n) is 4.30. The molecule has 0 saturated heterocycles. The maximum Gasteiger partial charge on any atom is 0.120 e. The first-order chi connectivity index (χ1) is 9.33. The summed E-state index contributed by atoms with van der Waals surface area (Å²) >= 11 is 0. The van der Waals surface area contributed by atoms with Gasteiger partial charge in [0.25, 0.3) is 0 Å². The zero-order valence-corrected chi connectivity index (χ0v) is 10.3. The van der Waals surface area contributed by atoms with Crippen LogP contribution in [0.1, 0.15) is 5.56 Å². The molecule has 0 saturated carbocycles. The van der Waals surface area contributed by atoms with Crippen molar-refractivity contribution in [3.05, 3.63) is 66.4 Å². The molecule has 4 nitrogen and oxygen atoms in total. The Morgan fingerprint density at radius 1 is 0.947 bits per heavy atom. The van der Waals surface area contributed by atoms with Crippen molar-refractivity contribution in [1.82, 2.24) is 15.0 Å². The first kappa shape index (κ1) is 11.5. The highest BCUT2D eigenvalue weighted by Gasteiger charge is 2.05. The number of rotatable bonds is 3. The van der Waals surface area contributed by atoms with Gasteiger partial charge in [0.05, 0.1) is 12.7 Å². The Balaban J connectivity index is 1.85. The molecule has 2 aromatic carbocycles. The van der Waals surface area contributed by atoms with Gasteiger partial charge >= 0.3 is 0 Å². The molecule has 0 aliphatic rings. The molecule has 4 heteroatoms. The Morgan fingerprint density at radius 2 is 1.68 bits per heavy atom. The van der Waals surface area contributed by atoms with Crippen LogP contribution in [-0.4, -0.2) is 20.1 Å². The molecule has 1 heterocycles. The summed E-state index contributed by atoms with van der Waals surface area (Å²) < 4.78 is 1.72. The van der Waals surface area contributed by atoms with Gasteiger partial charge in [0, 0.05) is 11.1 Å². The number of phenols is 1. The standard InChI is InChI=1S/C15H13N3O/c19-15-9-5-4-8-13(15)10-18-11-14(16-17-18)12-6-2-1-3-7-12/h1-9,11,19H,10H2. The van der Waals surface area contributed by atoms with E-state index < -0.39 is 0 Å². The minimum Gasteiger partial charge on any atom is -0.508 e.